The van der Waals surface area contributed by atoms with Crippen LogP contribution in [-0.2, 0) is 4.79 Å². The Morgan fingerprint density at radius 2 is 2.05 bits per heavy atom. The van der Waals surface area contributed by atoms with E-state index in [9.17, 15) is 4.79 Å². The van der Waals surface area contributed by atoms with Crippen LogP contribution in [0.2, 0.25) is 0 Å². The van der Waals surface area contributed by atoms with E-state index in [1.165, 1.54) is 6.33 Å². The summed E-state index contributed by atoms with van der Waals surface area (Å²) in [6, 6.07) is 7.54. The molecular formula is C16H18N4O2. The lowest BCUT2D eigenvalue weighted by atomic mass is 10.2. The second kappa shape index (κ2) is 6.01. The van der Waals surface area contributed by atoms with Crippen LogP contribution in [0.5, 0.6) is 5.75 Å². The van der Waals surface area contributed by atoms with Crippen LogP contribution in [0.1, 0.15) is 18.4 Å². The summed E-state index contributed by atoms with van der Waals surface area (Å²) in [7, 11) is 1.63. The summed E-state index contributed by atoms with van der Waals surface area (Å²) in [5, 5.41) is 6.00. The van der Waals surface area contributed by atoms with E-state index in [1.807, 2.05) is 25.1 Å². The van der Waals surface area contributed by atoms with Crippen molar-refractivity contribution in [3.05, 3.63) is 36.2 Å². The SMILES string of the molecule is COc1c(C)cccc1Nc1cc(NC(=O)C2CC2)ncn1. The van der Waals surface area contributed by atoms with Crippen molar-refractivity contribution in [3.8, 4) is 5.75 Å². The molecule has 2 aromatic rings. The van der Waals surface area contributed by atoms with E-state index >= 15 is 0 Å². The zero-order chi connectivity index (χ0) is 15.5. The Labute approximate surface area is 128 Å². The molecular weight excluding hydrogens is 280 g/mol. The summed E-state index contributed by atoms with van der Waals surface area (Å²) in [5.74, 6) is 2.04. The molecule has 1 aromatic carbocycles. The Balaban J connectivity index is 1.78. The number of hydrogen-bond acceptors (Lipinski definition) is 5. The lowest BCUT2D eigenvalue weighted by Crippen LogP contribution is -2.14. The van der Waals surface area contributed by atoms with Gasteiger partial charge in [-0.05, 0) is 31.4 Å². The van der Waals surface area contributed by atoms with Gasteiger partial charge in [-0.2, -0.15) is 0 Å². The maximum atomic E-state index is 11.8. The van der Waals surface area contributed by atoms with Gasteiger partial charge in [0.1, 0.15) is 23.7 Å². The van der Waals surface area contributed by atoms with Gasteiger partial charge < -0.3 is 15.4 Å². The van der Waals surface area contributed by atoms with Crippen LogP contribution in [-0.4, -0.2) is 23.0 Å². The van der Waals surface area contributed by atoms with E-state index in [2.05, 4.69) is 20.6 Å². The normalized spacial score (nSPS) is 13.5. The number of carbonyl (C=O) groups excluding carboxylic acids is 1. The first kappa shape index (κ1) is 14.3. The van der Waals surface area contributed by atoms with Gasteiger partial charge in [0.25, 0.3) is 0 Å². The lowest BCUT2D eigenvalue weighted by Gasteiger charge is -2.13. The van der Waals surface area contributed by atoms with Gasteiger partial charge in [0.05, 0.1) is 12.8 Å². The number of benzene rings is 1. The zero-order valence-corrected chi connectivity index (χ0v) is 12.6. The average Bonchev–Trinajstić information content (AvgIpc) is 3.32. The Kier molecular flexibility index (Phi) is 3.91. The van der Waals surface area contributed by atoms with Crippen LogP contribution in [0.25, 0.3) is 0 Å². The molecule has 0 aliphatic heterocycles. The summed E-state index contributed by atoms with van der Waals surface area (Å²) in [5.41, 5.74) is 1.85. The van der Waals surface area contributed by atoms with Gasteiger partial charge in [0.2, 0.25) is 5.91 Å². The van der Waals surface area contributed by atoms with Gasteiger partial charge in [-0.1, -0.05) is 12.1 Å². The highest BCUT2D eigenvalue weighted by atomic mass is 16.5. The largest absolute Gasteiger partial charge is 0.494 e. The molecule has 0 atom stereocenters. The van der Waals surface area contributed by atoms with Gasteiger partial charge in [-0.25, -0.2) is 9.97 Å². The second-order valence-electron chi connectivity index (χ2n) is 5.33. The minimum Gasteiger partial charge on any atom is -0.494 e. The molecule has 114 valence electrons. The van der Waals surface area contributed by atoms with E-state index < -0.39 is 0 Å². The smallest absolute Gasteiger partial charge is 0.228 e. The molecule has 0 radical (unpaired) electrons. The minimum absolute atomic E-state index is 0.0257. The number of amides is 1. The molecule has 3 rings (SSSR count). The molecule has 1 aliphatic carbocycles. The Hall–Kier alpha value is -2.63. The molecule has 6 nitrogen and oxygen atoms in total. The molecule has 22 heavy (non-hydrogen) atoms. The average molecular weight is 298 g/mol. The number of nitrogens with one attached hydrogen (secondary N) is 2. The van der Waals surface area contributed by atoms with Crippen LogP contribution in [0.3, 0.4) is 0 Å². The summed E-state index contributed by atoms with van der Waals surface area (Å²) >= 11 is 0. The molecule has 6 heteroatoms. The van der Waals surface area contributed by atoms with E-state index in [1.54, 1.807) is 13.2 Å². The number of methoxy groups -OCH3 is 1. The van der Waals surface area contributed by atoms with Crippen molar-refractivity contribution in [2.75, 3.05) is 17.7 Å². The van der Waals surface area contributed by atoms with Gasteiger partial charge in [-0.15, -0.1) is 0 Å². The fraction of sp³-hybridized carbons (Fsp3) is 0.312. The summed E-state index contributed by atoms with van der Waals surface area (Å²) in [6.45, 7) is 1.98. The van der Waals surface area contributed by atoms with Gasteiger partial charge in [0, 0.05) is 12.0 Å². The van der Waals surface area contributed by atoms with E-state index in [0.717, 1.165) is 29.8 Å². The van der Waals surface area contributed by atoms with E-state index in [0.29, 0.717) is 11.6 Å². The number of nitrogens with zero attached hydrogens (tertiary/aromatic N) is 2. The highest BCUT2D eigenvalue weighted by molar-refractivity contribution is 5.93. The predicted molar refractivity (Wildman–Crippen MR) is 84.4 cm³/mol. The topological polar surface area (TPSA) is 76.1 Å². The highest BCUT2D eigenvalue weighted by Crippen LogP contribution is 2.31. The zero-order valence-electron chi connectivity index (χ0n) is 12.6. The van der Waals surface area contributed by atoms with Crippen molar-refractivity contribution in [1.82, 2.24) is 9.97 Å². The number of hydrogen-bond donors (Lipinski definition) is 2. The summed E-state index contributed by atoms with van der Waals surface area (Å²) < 4.78 is 5.41. The monoisotopic (exact) mass is 298 g/mol. The molecule has 1 amide bonds. The highest BCUT2D eigenvalue weighted by Gasteiger charge is 2.29. The number of rotatable bonds is 5. The standard InChI is InChI=1S/C16H18N4O2/c1-10-4-3-5-12(15(10)22-2)19-13-8-14(18-9-17-13)20-16(21)11-6-7-11/h3-5,8-9,11H,6-7H2,1-2H3,(H2,17,18,19,20,21). The molecule has 0 spiro atoms. The lowest BCUT2D eigenvalue weighted by molar-refractivity contribution is -0.117. The molecule has 0 unspecified atom stereocenters. The number of aromatic nitrogens is 2. The first-order chi connectivity index (χ1) is 10.7. The number of para-hydroxylation sites is 1. The third-order valence-electron chi connectivity index (χ3n) is 3.55. The molecule has 1 heterocycles. The van der Waals surface area contributed by atoms with Crippen molar-refractivity contribution in [3.63, 3.8) is 0 Å². The first-order valence-corrected chi connectivity index (χ1v) is 7.21. The number of carbonyl (C=O) groups is 1. The maximum Gasteiger partial charge on any atom is 0.228 e. The quantitative estimate of drug-likeness (QED) is 0.887. The van der Waals surface area contributed by atoms with Crippen molar-refractivity contribution in [2.24, 2.45) is 5.92 Å². The molecule has 1 fully saturated rings. The van der Waals surface area contributed by atoms with Crippen LogP contribution in [0.15, 0.2) is 30.6 Å². The fourth-order valence-corrected chi connectivity index (χ4v) is 2.23. The Morgan fingerprint density at radius 3 is 2.77 bits per heavy atom. The predicted octanol–water partition coefficient (Wildman–Crippen LogP) is 2.89. The molecule has 0 saturated heterocycles. The van der Waals surface area contributed by atoms with Crippen molar-refractivity contribution in [2.45, 2.75) is 19.8 Å². The Bertz CT molecular complexity index is 698. The van der Waals surface area contributed by atoms with Gasteiger partial charge in [0.15, 0.2) is 0 Å². The molecule has 2 N–H and O–H groups in total. The summed E-state index contributed by atoms with van der Waals surface area (Å²) in [4.78, 5) is 20.0. The van der Waals surface area contributed by atoms with Gasteiger partial charge in [-0.3, -0.25) is 4.79 Å². The van der Waals surface area contributed by atoms with Crippen LogP contribution < -0.4 is 15.4 Å². The van der Waals surface area contributed by atoms with Crippen molar-refractivity contribution >= 4 is 23.2 Å². The maximum absolute atomic E-state index is 11.8. The third-order valence-corrected chi connectivity index (χ3v) is 3.55. The van der Waals surface area contributed by atoms with E-state index in [4.69, 9.17) is 4.74 Å². The van der Waals surface area contributed by atoms with Crippen molar-refractivity contribution < 1.29 is 9.53 Å². The Morgan fingerprint density at radius 1 is 1.27 bits per heavy atom. The third kappa shape index (κ3) is 3.16. The fourth-order valence-electron chi connectivity index (χ4n) is 2.23. The van der Waals surface area contributed by atoms with Crippen LogP contribution >= 0.6 is 0 Å². The van der Waals surface area contributed by atoms with Gasteiger partial charge >= 0.3 is 0 Å². The molecule has 1 aliphatic rings. The summed E-state index contributed by atoms with van der Waals surface area (Å²) in [6.07, 6.45) is 3.35. The van der Waals surface area contributed by atoms with Crippen LogP contribution in [0.4, 0.5) is 17.3 Å². The number of aryl methyl sites for hydroxylation is 1. The first-order valence-electron chi connectivity index (χ1n) is 7.21. The molecule has 0 bridgehead atoms. The van der Waals surface area contributed by atoms with Crippen molar-refractivity contribution in [1.29, 1.82) is 0 Å². The molecule has 1 saturated carbocycles. The number of ether oxygens (including phenoxy) is 1. The van der Waals surface area contributed by atoms with E-state index in [-0.39, 0.29) is 11.8 Å². The number of anilines is 3. The van der Waals surface area contributed by atoms with Crippen LogP contribution in [0, 0.1) is 12.8 Å². The second-order valence-corrected chi connectivity index (χ2v) is 5.33. The minimum atomic E-state index is 0.0257. The molecule has 1 aromatic heterocycles.